The normalized spacial score (nSPS) is 27.2. The number of unbranched alkanes of at least 4 members (excludes halogenated alkanes) is 1. The van der Waals surface area contributed by atoms with Gasteiger partial charge in [-0.25, -0.2) is 0 Å². The molecule has 1 heterocycles. The fourth-order valence-corrected chi connectivity index (χ4v) is 2.41. The van der Waals surface area contributed by atoms with Crippen LogP contribution >= 0.6 is 0 Å². The zero-order chi connectivity index (χ0) is 11.8. The van der Waals surface area contributed by atoms with Crippen molar-refractivity contribution >= 4 is 0 Å². The number of ether oxygens (including phenoxy) is 1. The number of piperazine rings is 1. The van der Waals surface area contributed by atoms with Gasteiger partial charge in [0.25, 0.3) is 0 Å². The summed E-state index contributed by atoms with van der Waals surface area (Å²) >= 11 is 0. The predicted molar refractivity (Wildman–Crippen MR) is 68.8 cm³/mol. The average Bonchev–Trinajstić information content (AvgIpc) is 2.29. The first kappa shape index (κ1) is 13.9. The van der Waals surface area contributed by atoms with Gasteiger partial charge in [-0.2, -0.15) is 0 Å². The van der Waals surface area contributed by atoms with Crippen LogP contribution in [0.25, 0.3) is 0 Å². The fourth-order valence-electron chi connectivity index (χ4n) is 2.41. The third kappa shape index (κ3) is 4.81. The molecule has 1 fully saturated rings. The molecule has 96 valence electrons. The molecule has 3 nitrogen and oxygen atoms in total. The van der Waals surface area contributed by atoms with E-state index in [1.807, 2.05) is 0 Å². The van der Waals surface area contributed by atoms with Crippen molar-refractivity contribution in [1.29, 1.82) is 0 Å². The summed E-state index contributed by atoms with van der Waals surface area (Å²) in [6.07, 6.45) is 5.04. The molecule has 3 heteroatoms. The van der Waals surface area contributed by atoms with Gasteiger partial charge in [0.15, 0.2) is 0 Å². The van der Waals surface area contributed by atoms with E-state index in [9.17, 15) is 0 Å². The van der Waals surface area contributed by atoms with Gasteiger partial charge in [0.1, 0.15) is 0 Å². The molecule has 2 atom stereocenters. The second-order valence-corrected chi connectivity index (χ2v) is 4.94. The molecule has 1 aliphatic rings. The highest BCUT2D eigenvalue weighted by molar-refractivity contribution is 4.83. The largest absolute Gasteiger partial charge is 0.385 e. The van der Waals surface area contributed by atoms with Crippen molar-refractivity contribution in [2.24, 2.45) is 0 Å². The lowest BCUT2D eigenvalue weighted by Gasteiger charge is -2.38. The monoisotopic (exact) mass is 228 g/mol. The van der Waals surface area contributed by atoms with Crippen LogP contribution in [0.15, 0.2) is 0 Å². The lowest BCUT2D eigenvalue weighted by atomic mass is 10.1. The summed E-state index contributed by atoms with van der Waals surface area (Å²) in [6, 6.07) is 1.40. The maximum atomic E-state index is 5.09. The minimum absolute atomic E-state index is 0.690. The minimum Gasteiger partial charge on any atom is -0.385 e. The van der Waals surface area contributed by atoms with Gasteiger partial charge >= 0.3 is 0 Å². The highest BCUT2D eigenvalue weighted by Crippen LogP contribution is 2.11. The summed E-state index contributed by atoms with van der Waals surface area (Å²) in [5.74, 6) is 0. The molecular formula is C13H28N2O. The quantitative estimate of drug-likeness (QED) is 0.673. The number of hydrogen-bond acceptors (Lipinski definition) is 3. The van der Waals surface area contributed by atoms with Crippen molar-refractivity contribution < 1.29 is 4.74 Å². The predicted octanol–water partition coefficient (Wildman–Crippen LogP) is 1.88. The SMILES string of the molecule is CCCC1CN(CCCCOC)C(C)CN1. The van der Waals surface area contributed by atoms with E-state index in [0.29, 0.717) is 12.1 Å². The molecule has 1 N–H and O–H groups in total. The van der Waals surface area contributed by atoms with Crippen LogP contribution < -0.4 is 5.32 Å². The van der Waals surface area contributed by atoms with E-state index >= 15 is 0 Å². The van der Waals surface area contributed by atoms with Crippen LogP contribution in [-0.4, -0.2) is 50.3 Å². The standard InChI is InChI=1S/C13H28N2O/c1-4-7-13-11-15(12(2)10-14-13)8-5-6-9-16-3/h12-14H,4-11H2,1-3H3. The van der Waals surface area contributed by atoms with Crippen LogP contribution in [0, 0.1) is 0 Å². The van der Waals surface area contributed by atoms with E-state index < -0.39 is 0 Å². The third-order valence-corrected chi connectivity index (χ3v) is 3.46. The molecule has 0 amide bonds. The molecule has 0 radical (unpaired) electrons. The Hall–Kier alpha value is -0.120. The van der Waals surface area contributed by atoms with Gasteiger partial charge in [0.2, 0.25) is 0 Å². The second kappa shape index (κ2) is 8.04. The number of rotatable bonds is 7. The van der Waals surface area contributed by atoms with Crippen molar-refractivity contribution in [2.75, 3.05) is 33.4 Å². The second-order valence-electron chi connectivity index (χ2n) is 4.94. The highest BCUT2D eigenvalue weighted by atomic mass is 16.5. The molecule has 0 spiro atoms. The molecule has 16 heavy (non-hydrogen) atoms. The fraction of sp³-hybridized carbons (Fsp3) is 1.00. The number of hydrogen-bond donors (Lipinski definition) is 1. The number of nitrogens with zero attached hydrogens (tertiary/aromatic N) is 1. The maximum Gasteiger partial charge on any atom is 0.0462 e. The Balaban J connectivity index is 2.21. The van der Waals surface area contributed by atoms with Crippen LogP contribution in [0.4, 0.5) is 0 Å². The van der Waals surface area contributed by atoms with Crippen LogP contribution in [-0.2, 0) is 4.74 Å². The number of nitrogens with one attached hydrogen (secondary N) is 1. The van der Waals surface area contributed by atoms with Crippen molar-refractivity contribution in [3.05, 3.63) is 0 Å². The van der Waals surface area contributed by atoms with Crippen LogP contribution in [0.5, 0.6) is 0 Å². The molecule has 0 bridgehead atoms. The van der Waals surface area contributed by atoms with Crippen molar-refractivity contribution in [3.63, 3.8) is 0 Å². The molecule has 0 aromatic rings. The smallest absolute Gasteiger partial charge is 0.0462 e. The summed E-state index contributed by atoms with van der Waals surface area (Å²) in [5.41, 5.74) is 0. The lowest BCUT2D eigenvalue weighted by Crippen LogP contribution is -2.55. The summed E-state index contributed by atoms with van der Waals surface area (Å²) in [5, 5.41) is 3.63. The molecule has 0 aromatic heterocycles. The molecule has 1 saturated heterocycles. The summed E-state index contributed by atoms with van der Waals surface area (Å²) in [6.45, 7) is 9.09. The minimum atomic E-state index is 0.690. The van der Waals surface area contributed by atoms with Crippen LogP contribution in [0.3, 0.4) is 0 Å². The Morgan fingerprint density at radius 3 is 2.88 bits per heavy atom. The first-order valence-electron chi connectivity index (χ1n) is 6.74. The van der Waals surface area contributed by atoms with Crippen molar-refractivity contribution in [1.82, 2.24) is 10.2 Å². The van der Waals surface area contributed by atoms with Gasteiger partial charge in [-0.05, 0) is 32.7 Å². The van der Waals surface area contributed by atoms with Gasteiger partial charge in [0, 0.05) is 38.9 Å². The summed E-state index contributed by atoms with van der Waals surface area (Å²) < 4.78 is 5.09. The third-order valence-electron chi connectivity index (χ3n) is 3.46. The average molecular weight is 228 g/mol. The van der Waals surface area contributed by atoms with E-state index in [0.717, 1.165) is 13.2 Å². The van der Waals surface area contributed by atoms with E-state index in [1.54, 1.807) is 7.11 Å². The lowest BCUT2D eigenvalue weighted by molar-refractivity contribution is 0.127. The van der Waals surface area contributed by atoms with E-state index in [2.05, 4.69) is 24.1 Å². The zero-order valence-electron chi connectivity index (χ0n) is 11.2. The topological polar surface area (TPSA) is 24.5 Å². The van der Waals surface area contributed by atoms with Gasteiger partial charge < -0.3 is 10.1 Å². The maximum absolute atomic E-state index is 5.09. The van der Waals surface area contributed by atoms with Gasteiger partial charge in [-0.1, -0.05) is 13.3 Å². The molecule has 0 saturated carbocycles. The van der Waals surface area contributed by atoms with Crippen molar-refractivity contribution in [2.45, 2.75) is 51.6 Å². The van der Waals surface area contributed by atoms with Gasteiger partial charge in [-0.3, -0.25) is 4.90 Å². The van der Waals surface area contributed by atoms with Crippen LogP contribution in [0.1, 0.15) is 39.5 Å². The summed E-state index contributed by atoms with van der Waals surface area (Å²) in [7, 11) is 1.78. The number of methoxy groups -OCH3 is 1. The Labute approximate surface area is 101 Å². The summed E-state index contributed by atoms with van der Waals surface area (Å²) in [4.78, 5) is 2.63. The van der Waals surface area contributed by atoms with E-state index in [4.69, 9.17) is 4.74 Å². The molecule has 1 rings (SSSR count). The Morgan fingerprint density at radius 2 is 2.19 bits per heavy atom. The Morgan fingerprint density at radius 1 is 1.38 bits per heavy atom. The highest BCUT2D eigenvalue weighted by Gasteiger charge is 2.23. The molecular weight excluding hydrogens is 200 g/mol. The van der Waals surface area contributed by atoms with Gasteiger partial charge in [0.05, 0.1) is 0 Å². The zero-order valence-corrected chi connectivity index (χ0v) is 11.2. The first-order chi connectivity index (χ1) is 7.77. The van der Waals surface area contributed by atoms with Crippen molar-refractivity contribution in [3.8, 4) is 0 Å². The van der Waals surface area contributed by atoms with Crippen LogP contribution in [0.2, 0.25) is 0 Å². The Bertz CT molecular complexity index is 175. The molecule has 0 aromatic carbocycles. The van der Waals surface area contributed by atoms with E-state index in [1.165, 1.54) is 38.8 Å². The molecule has 1 aliphatic heterocycles. The molecule has 0 aliphatic carbocycles. The molecule has 2 unspecified atom stereocenters. The van der Waals surface area contributed by atoms with E-state index in [-0.39, 0.29) is 0 Å². The Kier molecular flexibility index (Phi) is 7.01. The van der Waals surface area contributed by atoms with Gasteiger partial charge in [-0.15, -0.1) is 0 Å². The first-order valence-corrected chi connectivity index (χ1v) is 6.74.